The van der Waals surface area contributed by atoms with E-state index < -0.39 is 10.0 Å². The van der Waals surface area contributed by atoms with Crippen LogP contribution >= 0.6 is 0 Å². The van der Waals surface area contributed by atoms with Crippen molar-refractivity contribution >= 4 is 21.7 Å². The van der Waals surface area contributed by atoms with Gasteiger partial charge < -0.3 is 0 Å². The summed E-state index contributed by atoms with van der Waals surface area (Å²) in [6, 6.07) is 4.93. The number of rotatable bonds is 3. The molecule has 24 heavy (non-hydrogen) atoms. The number of hydrogen-bond acceptors (Lipinski definition) is 5. The molecule has 8 nitrogen and oxygen atoms in total. The molecular weight excluding hydrogens is 330 g/mol. The molecule has 9 heteroatoms. The Balaban J connectivity index is 2.08. The molecule has 2 aromatic heterocycles. The Labute approximate surface area is 138 Å². The third kappa shape index (κ3) is 2.78. The molecule has 2 heterocycles. The van der Waals surface area contributed by atoms with Crippen molar-refractivity contribution in [1.29, 1.82) is 0 Å². The van der Waals surface area contributed by atoms with E-state index in [1.54, 1.807) is 32.9 Å². The van der Waals surface area contributed by atoms with Crippen molar-refractivity contribution in [3.8, 4) is 0 Å². The number of anilines is 1. The Morgan fingerprint density at radius 3 is 2.29 bits per heavy atom. The lowest BCUT2D eigenvalue weighted by atomic mass is 10.1. The second-order valence-corrected chi connectivity index (χ2v) is 7.40. The number of nitrogens with one attached hydrogen (secondary N) is 2. The zero-order chi connectivity index (χ0) is 17.6. The zero-order valence-electron chi connectivity index (χ0n) is 13.7. The normalized spacial score (nSPS) is 11.8. The van der Waals surface area contributed by atoms with Gasteiger partial charge in [-0.05, 0) is 38.8 Å². The van der Waals surface area contributed by atoms with E-state index in [2.05, 4.69) is 19.8 Å². The Bertz CT molecular complexity index is 1090. The zero-order valence-corrected chi connectivity index (χ0v) is 14.5. The lowest BCUT2D eigenvalue weighted by Crippen LogP contribution is -2.18. The maximum Gasteiger partial charge on any atom is 0.274 e. The summed E-state index contributed by atoms with van der Waals surface area (Å²) in [6.07, 6.45) is 0. The average Bonchev–Trinajstić information content (AvgIpc) is 2.78. The molecule has 3 aromatic rings. The van der Waals surface area contributed by atoms with Crippen molar-refractivity contribution in [3.05, 3.63) is 50.9 Å². The number of aryl methyl sites for hydroxylation is 4. The molecule has 2 N–H and O–H groups in total. The molecule has 0 spiro atoms. The summed E-state index contributed by atoms with van der Waals surface area (Å²) in [5.74, 6) is 0.0413. The highest BCUT2D eigenvalue weighted by Gasteiger charge is 2.21. The molecular formula is C15H17N5O3S. The Morgan fingerprint density at radius 1 is 1.04 bits per heavy atom. The molecule has 0 bridgehead atoms. The van der Waals surface area contributed by atoms with Gasteiger partial charge in [-0.3, -0.25) is 9.89 Å². The second kappa shape index (κ2) is 5.45. The highest BCUT2D eigenvalue weighted by Crippen LogP contribution is 2.23. The number of aromatic nitrogens is 4. The fraction of sp³-hybridized carbons (Fsp3) is 0.267. The molecule has 1 aromatic carbocycles. The van der Waals surface area contributed by atoms with Gasteiger partial charge in [0.05, 0.1) is 4.90 Å². The summed E-state index contributed by atoms with van der Waals surface area (Å²) in [6.45, 7) is 7.05. The van der Waals surface area contributed by atoms with Gasteiger partial charge in [-0.25, -0.2) is 18.1 Å². The lowest BCUT2D eigenvalue weighted by Gasteiger charge is -2.12. The first kappa shape index (κ1) is 16.2. The van der Waals surface area contributed by atoms with E-state index in [0.717, 1.165) is 10.1 Å². The van der Waals surface area contributed by atoms with Crippen LogP contribution in [0.25, 0.3) is 5.78 Å². The average molecular weight is 347 g/mol. The van der Waals surface area contributed by atoms with Gasteiger partial charge in [0.15, 0.2) is 0 Å². The smallest absolute Gasteiger partial charge is 0.267 e. The van der Waals surface area contributed by atoms with Gasteiger partial charge in [0.25, 0.3) is 21.4 Å². The van der Waals surface area contributed by atoms with E-state index >= 15 is 0 Å². The summed E-state index contributed by atoms with van der Waals surface area (Å²) in [7, 11) is -3.85. The fourth-order valence-corrected chi connectivity index (χ4v) is 4.22. The van der Waals surface area contributed by atoms with Crippen molar-refractivity contribution in [2.24, 2.45) is 0 Å². The molecule has 0 aliphatic rings. The van der Waals surface area contributed by atoms with Gasteiger partial charge in [0, 0.05) is 11.8 Å². The van der Waals surface area contributed by atoms with Crippen molar-refractivity contribution in [2.75, 3.05) is 4.72 Å². The van der Waals surface area contributed by atoms with Gasteiger partial charge in [-0.1, -0.05) is 17.7 Å². The van der Waals surface area contributed by atoms with Crippen molar-refractivity contribution < 1.29 is 8.42 Å². The van der Waals surface area contributed by atoms with Gasteiger partial charge in [0.2, 0.25) is 5.95 Å². The molecule has 0 amide bonds. The molecule has 126 valence electrons. The first-order valence-corrected chi connectivity index (χ1v) is 8.73. The number of sulfonamides is 1. The predicted octanol–water partition coefficient (Wildman–Crippen LogP) is 1.45. The second-order valence-electron chi connectivity index (χ2n) is 5.78. The number of aromatic amines is 1. The van der Waals surface area contributed by atoms with Gasteiger partial charge in [0.1, 0.15) is 0 Å². The van der Waals surface area contributed by atoms with Crippen molar-refractivity contribution in [3.63, 3.8) is 0 Å². The maximum absolute atomic E-state index is 12.7. The third-order valence-corrected chi connectivity index (χ3v) is 5.21. The maximum atomic E-state index is 12.7. The Hall–Kier alpha value is -2.68. The summed E-state index contributed by atoms with van der Waals surface area (Å²) in [5, 5.41) is 2.61. The fourth-order valence-electron chi connectivity index (χ4n) is 2.81. The van der Waals surface area contributed by atoms with Crippen LogP contribution in [0.2, 0.25) is 0 Å². The van der Waals surface area contributed by atoms with Gasteiger partial charge in [-0.15, -0.1) is 0 Å². The Kier molecular flexibility index (Phi) is 3.67. The minimum atomic E-state index is -3.85. The summed E-state index contributed by atoms with van der Waals surface area (Å²) >= 11 is 0. The monoisotopic (exact) mass is 347 g/mol. The molecule has 0 radical (unpaired) electrons. The molecule has 0 aliphatic heterocycles. The quantitative estimate of drug-likeness (QED) is 0.745. The van der Waals surface area contributed by atoms with E-state index in [4.69, 9.17) is 0 Å². The SMILES string of the molecule is Cc1cc(C)c(S(=O)(=O)Nc2nc3nc(C)cc(=O)n3[nH]2)c(C)c1. The first-order valence-electron chi connectivity index (χ1n) is 7.24. The molecule has 0 unspecified atom stereocenters. The summed E-state index contributed by atoms with van der Waals surface area (Å²) in [5.41, 5.74) is 2.41. The molecule has 0 fully saturated rings. The van der Waals surface area contributed by atoms with Crippen LogP contribution in [0, 0.1) is 27.7 Å². The van der Waals surface area contributed by atoms with Gasteiger partial charge >= 0.3 is 0 Å². The molecule has 0 aliphatic carbocycles. The number of hydrogen-bond donors (Lipinski definition) is 2. The largest absolute Gasteiger partial charge is 0.274 e. The summed E-state index contributed by atoms with van der Waals surface area (Å²) in [4.78, 5) is 20.2. The van der Waals surface area contributed by atoms with E-state index in [9.17, 15) is 13.2 Å². The van der Waals surface area contributed by atoms with E-state index in [0.29, 0.717) is 16.8 Å². The van der Waals surface area contributed by atoms with Crippen LogP contribution in [0.4, 0.5) is 5.95 Å². The van der Waals surface area contributed by atoms with E-state index in [1.807, 2.05) is 6.92 Å². The molecule has 0 atom stereocenters. The van der Waals surface area contributed by atoms with E-state index in [1.165, 1.54) is 6.07 Å². The van der Waals surface area contributed by atoms with Crippen molar-refractivity contribution in [2.45, 2.75) is 32.6 Å². The topological polar surface area (TPSA) is 109 Å². The van der Waals surface area contributed by atoms with Crippen molar-refractivity contribution in [1.82, 2.24) is 19.6 Å². The third-order valence-electron chi connectivity index (χ3n) is 3.56. The highest BCUT2D eigenvalue weighted by atomic mass is 32.2. The summed E-state index contributed by atoms with van der Waals surface area (Å²) < 4.78 is 28.9. The molecule has 0 saturated carbocycles. The van der Waals surface area contributed by atoms with E-state index in [-0.39, 0.29) is 22.2 Å². The highest BCUT2D eigenvalue weighted by molar-refractivity contribution is 7.92. The molecule has 0 saturated heterocycles. The minimum Gasteiger partial charge on any atom is -0.267 e. The predicted molar refractivity (Wildman–Crippen MR) is 89.8 cm³/mol. The van der Waals surface area contributed by atoms with Gasteiger partial charge in [-0.2, -0.15) is 9.50 Å². The molecule has 3 rings (SSSR count). The number of fused-ring (bicyclic) bond motifs is 1. The van der Waals surface area contributed by atoms with Crippen LogP contribution in [-0.4, -0.2) is 28.0 Å². The lowest BCUT2D eigenvalue weighted by molar-refractivity contribution is 0.599. The van der Waals surface area contributed by atoms with Crippen LogP contribution in [0.5, 0.6) is 0 Å². The minimum absolute atomic E-state index is 0.0652. The van der Waals surface area contributed by atoms with Crippen LogP contribution in [0.3, 0.4) is 0 Å². The first-order chi connectivity index (χ1) is 11.2. The Morgan fingerprint density at radius 2 is 1.67 bits per heavy atom. The van der Waals surface area contributed by atoms with Crippen LogP contribution in [0.1, 0.15) is 22.4 Å². The number of benzene rings is 1. The van der Waals surface area contributed by atoms with Crippen LogP contribution in [-0.2, 0) is 10.0 Å². The standard InChI is InChI=1S/C15H17N5O3S/c1-8-5-9(2)13(10(3)6-8)24(22,23)19-14-17-15-16-11(4)7-12(21)20(15)18-14/h5-7H,1-4H3,(H2,16,17,18,19). The number of nitrogens with zero attached hydrogens (tertiary/aromatic N) is 3. The van der Waals surface area contributed by atoms with Crippen LogP contribution < -0.4 is 10.3 Å². The number of H-pyrrole nitrogens is 1. The van der Waals surface area contributed by atoms with Crippen LogP contribution in [0.15, 0.2) is 27.9 Å².